The van der Waals surface area contributed by atoms with Crippen molar-refractivity contribution in [3.63, 3.8) is 0 Å². The van der Waals surface area contributed by atoms with Crippen LogP contribution in [-0.2, 0) is 21.1 Å². The molecule has 0 heterocycles. The highest BCUT2D eigenvalue weighted by Gasteiger charge is 2.29. The van der Waals surface area contributed by atoms with Crippen molar-refractivity contribution in [3.05, 3.63) is 102 Å². The van der Waals surface area contributed by atoms with Crippen molar-refractivity contribution in [2.24, 2.45) is 0 Å². The molecule has 3 aromatic carbocycles. The van der Waals surface area contributed by atoms with Crippen molar-refractivity contribution >= 4 is 15.7 Å². The van der Waals surface area contributed by atoms with E-state index in [1.807, 2.05) is 36.4 Å². The lowest BCUT2D eigenvalue weighted by molar-refractivity contribution is -0.121. The van der Waals surface area contributed by atoms with Crippen LogP contribution in [0, 0.1) is 0 Å². The van der Waals surface area contributed by atoms with Gasteiger partial charge in [0.15, 0.2) is 9.84 Å². The van der Waals surface area contributed by atoms with Gasteiger partial charge in [0.05, 0.1) is 4.90 Å². The number of benzene rings is 3. The average Bonchev–Trinajstić information content (AvgIpc) is 2.74. The van der Waals surface area contributed by atoms with Gasteiger partial charge in [0.1, 0.15) is 5.25 Å². The Balaban J connectivity index is 1.72. The molecule has 0 aliphatic rings. The fourth-order valence-corrected chi connectivity index (χ4v) is 4.73. The van der Waals surface area contributed by atoms with E-state index in [9.17, 15) is 13.2 Å². The highest BCUT2D eigenvalue weighted by Crippen LogP contribution is 2.28. The summed E-state index contributed by atoms with van der Waals surface area (Å²) in [6, 6.07) is 27.1. The summed E-state index contributed by atoms with van der Waals surface area (Å²) in [5, 5.41) is 1.97. The highest BCUT2D eigenvalue weighted by atomic mass is 32.2. The van der Waals surface area contributed by atoms with Crippen LogP contribution in [-0.4, -0.2) is 20.9 Å². The van der Waals surface area contributed by atoms with E-state index in [0.29, 0.717) is 18.4 Å². The first-order chi connectivity index (χ1) is 13.6. The monoisotopic (exact) mass is 393 g/mol. The van der Waals surface area contributed by atoms with Crippen molar-refractivity contribution < 1.29 is 13.2 Å². The van der Waals surface area contributed by atoms with Gasteiger partial charge >= 0.3 is 0 Å². The predicted octanol–water partition coefficient (Wildman–Crippen LogP) is 3.95. The predicted molar refractivity (Wildman–Crippen MR) is 111 cm³/mol. The first-order valence-electron chi connectivity index (χ1n) is 9.22. The Kier molecular flexibility index (Phi) is 6.61. The molecular weight excluding hydrogens is 370 g/mol. The van der Waals surface area contributed by atoms with Crippen LogP contribution in [0.3, 0.4) is 0 Å². The number of sulfone groups is 1. The van der Waals surface area contributed by atoms with E-state index in [1.165, 1.54) is 0 Å². The molecule has 0 radical (unpaired) electrons. The third kappa shape index (κ3) is 5.08. The summed E-state index contributed by atoms with van der Waals surface area (Å²) >= 11 is 0. The molecular formula is C23H23NO3S. The van der Waals surface area contributed by atoms with Crippen molar-refractivity contribution in [2.75, 3.05) is 6.54 Å². The Morgan fingerprint density at radius 1 is 0.786 bits per heavy atom. The number of amides is 1. The molecule has 0 saturated heterocycles. The number of rotatable bonds is 8. The molecule has 4 nitrogen and oxygen atoms in total. The molecule has 0 aliphatic carbocycles. The molecule has 5 heteroatoms. The lowest BCUT2D eigenvalue weighted by Gasteiger charge is -2.19. The van der Waals surface area contributed by atoms with Crippen molar-refractivity contribution in [3.8, 4) is 0 Å². The molecule has 0 aromatic heterocycles. The number of carbonyl (C=O) groups is 1. The molecule has 0 spiro atoms. The third-order valence-corrected chi connectivity index (χ3v) is 6.70. The zero-order valence-electron chi connectivity index (χ0n) is 15.5. The molecule has 0 saturated carbocycles. The lowest BCUT2D eigenvalue weighted by Crippen LogP contribution is -2.32. The van der Waals surface area contributed by atoms with Gasteiger partial charge in [0.2, 0.25) is 5.91 Å². The summed E-state index contributed by atoms with van der Waals surface area (Å²) in [6.07, 6.45) is 0.936. The molecule has 1 amide bonds. The largest absolute Gasteiger partial charge is 0.354 e. The summed E-state index contributed by atoms with van der Waals surface area (Å²) in [6.45, 7) is 0.0366. The summed E-state index contributed by atoms with van der Waals surface area (Å²) in [7, 11) is -3.63. The Bertz CT molecular complexity index is 988. The van der Waals surface area contributed by atoms with Gasteiger partial charge in [-0.2, -0.15) is 0 Å². The van der Waals surface area contributed by atoms with Gasteiger partial charge in [-0.15, -0.1) is 0 Å². The van der Waals surface area contributed by atoms with Crippen LogP contribution in [0.2, 0.25) is 0 Å². The van der Waals surface area contributed by atoms with Crippen LogP contribution < -0.4 is 5.32 Å². The fourth-order valence-electron chi connectivity index (χ4n) is 3.05. The van der Waals surface area contributed by atoms with Crippen LogP contribution in [0.15, 0.2) is 95.9 Å². The summed E-state index contributed by atoms with van der Waals surface area (Å²) in [5.41, 5.74) is 1.74. The first kappa shape index (κ1) is 19.8. The fraction of sp³-hybridized carbons (Fsp3) is 0.174. The van der Waals surface area contributed by atoms with Crippen LogP contribution in [0.5, 0.6) is 0 Å². The second kappa shape index (κ2) is 9.33. The number of hydrogen-bond acceptors (Lipinski definition) is 3. The average molecular weight is 394 g/mol. The molecule has 1 atom stereocenters. The second-order valence-corrected chi connectivity index (χ2v) is 8.68. The summed E-state index contributed by atoms with van der Waals surface area (Å²) < 4.78 is 26.3. The molecule has 28 heavy (non-hydrogen) atoms. The van der Waals surface area contributed by atoms with Gasteiger partial charge in [-0.05, 0) is 29.7 Å². The topological polar surface area (TPSA) is 63.2 Å². The minimum absolute atomic E-state index is 0.0366. The van der Waals surface area contributed by atoms with E-state index in [0.717, 1.165) is 5.56 Å². The standard InChI is InChI=1S/C23H23NO3S/c25-23(17-16-19-10-4-1-5-11-19)24-18-22(20-12-6-2-7-13-20)28(26,27)21-14-8-3-9-15-21/h1-15,22H,16-18H2,(H,24,25)/t22-/m0/s1. The van der Waals surface area contributed by atoms with Crippen LogP contribution in [0.25, 0.3) is 0 Å². The SMILES string of the molecule is O=C(CCc1ccccc1)NC[C@@H](c1ccccc1)S(=O)(=O)c1ccccc1. The van der Waals surface area contributed by atoms with Gasteiger partial charge in [-0.25, -0.2) is 8.42 Å². The summed E-state index contributed by atoms with van der Waals surface area (Å²) in [5.74, 6) is -0.159. The van der Waals surface area contributed by atoms with Gasteiger partial charge < -0.3 is 5.32 Å². The number of carbonyl (C=O) groups excluding carboxylic acids is 1. The molecule has 0 unspecified atom stereocenters. The number of aryl methyl sites for hydroxylation is 1. The molecule has 3 aromatic rings. The summed E-state index contributed by atoms with van der Waals surface area (Å²) in [4.78, 5) is 12.6. The number of nitrogens with one attached hydrogen (secondary N) is 1. The maximum Gasteiger partial charge on any atom is 0.220 e. The molecule has 3 rings (SSSR count). The van der Waals surface area contributed by atoms with Crippen LogP contribution in [0.1, 0.15) is 22.8 Å². The zero-order valence-corrected chi connectivity index (χ0v) is 16.3. The van der Waals surface area contributed by atoms with Crippen LogP contribution in [0.4, 0.5) is 0 Å². The molecule has 0 fully saturated rings. The van der Waals surface area contributed by atoms with E-state index >= 15 is 0 Å². The smallest absolute Gasteiger partial charge is 0.220 e. The van der Waals surface area contributed by atoms with Gasteiger partial charge in [0.25, 0.3) is 0 Å². The highest BCUT2D eigenvalue weighted by molar-refractivity contribution is 7.91. The van der Waals surface area contributed by atoms with E-state index in [1.54, 1.807) is 54.6 Å². The molecule has 1 N–H and O–H groups in total. The van der Waals surface area contributed by atoms with Crippen molar-refractivity contribution in [2.45, 2.75) is 23.0 Å². The molecule has 144 valence electrons. The minimum atomic E-state index is -3.63. The van der Waals surface area contributed by atoms with Crippen LogP contribution >= 0.6 is 0 Å². The lowest BCUT2D eigenvalue weighted by atomic mass is 10.1. The maximum absolute atomic E-state index is 13.2. The maximum atomic E-state index is 13.2. The normalized spacial score (nSPS) is 12.3. The van der Waals surface area contributed by atoms with Crippen molar-refractivity contribution in [1.29, 1.82) is 0 Å². The van der Waals surface area contributed by atoms with Gasteiger partial charge in [0, 0.05) is 13.0 Å². The third-order valence-electron chi connectivity index (χ3n) is 4.59. The van der Waals surface area contributed by atoms with Crippen molar-refractivity contribution in [1.82, 2.24) is 5.32 Å². The van der Waals surface area contributed by atoms with E-state index in [4.69, 9.17) is 0 Å². The Hall–Kier alpha value is -2.92. The van der Waals surface area contributed by atoms with Gasteiger partial charge in [-0.3, -0.25) is 4.79 Å². The van der Waals surface area contributed by atoms with E-state index in [2.05, 4.69) is 5.32 Å². The first-order valence-corrected chi connectivity index (χ1v) is 10.8. The molecule has 0 aliphatic heterocycles. The minimum Gasteiger partial charge on any atom is -0.354 e. The van der Waals surface area contributed by atoms with E-state index in [-0.39, 0.29) is 17.3 Å². The van der Waals surface area contributed by atoms with E-state index < -0.39 is 15.1 Å². The molecule has 0 bridgehead atoms. The Morgan fingerprint density at radius 3 is 1.93 bits per heavy atom. The van der Waals surface area contributed by atoms with Gasteiger partial charge in [-0.1, -0.05) is 78.9 Å². The Labute approximate surface area is 166 Å². The zero-order chi connectivity index (χ0) is 19.8. The second-order valence-electron chi connectivity index (χ2n) is 6.55. The number of hydrogen-bond donors (Lipinski definition) is 1. The quantitative estimate of drug-likeness (QED) is 0.630. The Morgan fingerprint density at radius 2 is 1.32 bits per heavy atom.